The Bertz CT molecular complexity index is 461. The smallest absolute Gasteiger partial charge is 0.230 e. The lowest BCUT2D eigenvalue weighted by Gasteiger charge is -2.29. The molecule has 1 aromatic rings. The van der Waals surface area contributed by atoms with E-state index in [2.05, 4.69) is 5.32 Å². The van der Waals surface area contributed by atoms with Crippen LogP contribution in [0.2, 0.25) is 0 Å². The van der Waals surface area contributed by atoms with Gasteiger partial charge in [0.15, 0.2) is 0 Å². The van der Waals surface area contributed by atoms with Crippen molar-refractivity contribution in [2.45, 2.75) is 19.3 Å². The van der Waals surface area contributed by atoms with E-state index < -0.39 is 0 Å². The minimum absolute atomic E-state index is 0. The minimum Gasteiger partial charge on any atom is -0.370 e. The molecule has 2 rings (SSSR count). The number of amides is 2. The zero-order chi connectivity index (χ0) is 14.4. The average Bonchev–Trinajstić information content (AvgIpc) is 2.49. The number of hydrogen-bond acceptors (Lipinski definition) is 3. The van der Waals surface area contributed by atoms with Gasteiger partial charge in [0.05, 0.1) is 0 Å². The lowest BCUT2D eigenvalue weighted by molar-refractivity contribution is -0.123. The van der Waals surface area contributed by atoms with Gasteiger partial charge in [-0.1, -0.05) is 18.2 Å². The van der Waals surface area contributed by atoms with Crippen molar-refractivity contribution in [1.29, 1.82) is 0 Å². The number of nitrogens with one attached hydrogen (secondary N) is 1. The largest absolute Gasteiger partial charge is 0.370 e. The van der Waals surface area contributed by atoms with Gasteiger partial charge in [0.25, 0.3) is 0 Å². The van der Waals surface area contributed by atoms with E-state index in [4.69, 9.17) is 5.73 Å². The Hall–Kier alpha value is -1.59. The number of halogens is 1. The molecule has 0 spiro atoms. The third-order valence-corrected chi connectivity index (χ3v) is 3.60. The van der Waals surface area contributed by atoms with Gasteiger partial charge < -0.3 is 16.0 Å². The molecule has 0 bridgehead atoms. The van der Waals surface area contributed by atoms with Gasteiger partial charge in [0, 0.05) is 24.6 Å². The van der Waals surface area contributed by atoms with Crippen molar-refractivity contribution in [1.82, 2.24) is 5.32 Å². The van der Waals surface area contributed by atoms with E-state index in [-0.39, 0.29) is 36.6 Å². The summed E-state index contributed by atoms with van der Waals surface area (Å²) in [6, 6.07) is 9.47. The highest BCUT2D eigenvalue weighted by Gasteiger charge is 2.26. The van der Waals surface area contributed by atoms with Crippen LogP contribution in [0.25, 0.3) is 0 Å². The van der Waals surface area contributed by atoms with Crippen LogP contribution < -0.4 is 16.0 Å². The van der Waals surface area contributed by atoms with Crippen molar-refractivity contribution in [2.24, 2.45) is 11.7 Å². The van der Waals surface area contributed by atoms with Gasteiger partial charge >= 0.3 is 0 Å². The van der Waals surface area contributed by atoms with Crippen molar-refractivity contribution in [3.8, 4) is 0 Å². The summed E-state index contributed by atoms with van der Waals surface area (Å²) in [7, 11) is 0. The maximum atomic E-state index is 12.7. The standard InChI is InChI=1S/C15H21N3O2.ClH/c16-14(19)8-11-18(13-4-2-1-3-5-13)15(20)12-6-9-17-10-7-12;/h1-5,12,17H,6-11H2,(H2,16,19);1H. The molecule has 0 aromatic heterocycles. The zero-order valence-electron chi connectivity index (χ0n) is 12.0. The average molecular weight is 312 g/mol. The molecule has 0 aliphatic carbocycles. The van der Waals surface area contributed by atoms with Gasteiger partial charge in [-0.25, -0.2) is 0 Å². The van der Waals surface area contributed by atoms with Gasteiger partial charge in [0.1, 0.15) is 0 Å². The highest BCUT2D eigenvalue weighted by atomic mass is 35.5. The summed E-state index contributed by atoms with van der Waals surface area (Å²) in [4.78, 5) is 25.4. The van der Waals surface area contributed by atoms with Crippen LogP contribution in [0.1, 0.15) is 19.3 Å². The van der Waals surface area contributed by atoms with E-state index >= 15 is 0 Å². The highest BCUT2D eigenvalue weighted by molar-refractivity contribution is 5.95. The normalized spacial score (nSPS) is 15.0. The van der Waals surface area contributed by atoms with Crippen molar-refractivity contribution < 1.29 is 9.59 Å². The molecular weight excluding hydrogens is 290 g/mol. The fraction of sp³-hybridized carbons (Fsp3) is 0.467. The first-order chi connectivity index (χ1) is 9.68. The molecular formula is C15H22ClN3O2. The second kappa shape index (κ2) is 8.64. The maximum absolute atomic E-state index is 12.7. The molecule has 1 heterocycles. The Morgan fingerprint density at radius 1 is 1.19 bits per heavy atom. The monoisotopic (exact) mass is 311 g/mol. The number of primary amides is 1. The number of nitrogens with two attached hydrogens (primary N) is 1. The molecule has 2 amide bonds. The first-order valence-corrected chi connectivity index (χ1v) is 7.04. The number of nitrogens with zero attached hydrogens (tertiary/aromatic N) is 1. The fourth-order valence-corrected chi connectivity index (χ4v) is 2.49. The predicted octanol–water partition coefficient (Wildman–Crippen LogP) is 1.32. The Morgan fingerprint density at radius 2 is 1.81 bits per heavy atom. The van der Waals surface area contributed by atoms with E-state index in [1.165, 1.54) is 0 Å². The second-order valence-corrected chi connectivity index (χ2v) is 5.07. The van der Waals surface area contributed by atoms with E-state index in [0.717, 1.165) is 31.6 Å². The van der Waals surface area contributed by atoms with Gasteiger partial charge in [-0.05, 0) is 38.1 Å². The van der Waals surface area contributed by atoms with Gasteiger partial charge in [-0.2, -0.15) is 0 Å². The molecule has 3 N–H and O–H groups in total. The molecule has 116 valence electrons. The molecule has 0 atom stereocenters. The topological polar surface area (TPSA) is 75.4 Å². The van der Waals surface area contributed by atoms with Crippen molar-refractivity contribution in [2.75, 3.05) is 24.5 Å². The molecule has 1 aliphatic rings. The SMILES string of the molecule is Cl.NC(=O)CCN(C(=O)C1CCNCC1)c1ccccc1. The lowest BCUT2D eigenvalue weighted by atomic mass is 9.96. The van der Waals surface area contributed by atoms with E-state index in [1.54, 1.807) is 4.90 Å². The Kier molecular flexibility index (Phi) is 7.19. The number of piperidine rings is 1. The van der Waals surface area contributed by atoms with E-state index in [1.807, 2.05) is 30.3 Å². The molecule has 1 aromatic carbocycles. The molecule has 6 heteroatoms. The van der Waals surface area contributed by atoms with Crippen molar-refractivity contribution >= 4 is 29.9 Å². The molecule has 21 heavy (non-hydrogen) atoms. The summed E-state index contributed by atoms with van der Waals surface area (Å²) in [6.07, 6.45) is 1.88. The second-order valence-electron chi connectivity index (χ2n) is 5.07. The summed E-state index contributed by atoms with van der Waals surface area (Å²) >= 11 is 0. The lowest BCUT2D eigenvalue weighted by Crippen LogP contribution is -2.42. The predicted molar refractivity (Wildman–Crippen MR) is 85.4 cm³/mol. The summed E-state index contributed by atoms with van der Waals surface area (Å²) in [5.41, 5.74) is 6.04. The molecule has 0 unspecified atom stereocenters. The Morgan fingerprint density at radius 3 is 2.38 bits per heavy atom. The number of rotatable bonds is 5. The van der Waals surface area contributed by atoms with Crippen LogP contribution in [0, 0.1) is 5.92 Å². The first kappa shape index (κ1) is 17.5. The highest BCUT2D eigenvalue weighted by Crippen LogP contribution is 2.21. The van der Waals surface area contributed by atoms with Crippen LogP contribution in [-0.4, -0.2) is 31.4 Å². The van der Waals surface area contributed by atoms with Gasteiger partial charge in [-0.3, -0.25) is 9.59 Å². The molecule has 1 aliphatic heterocycles. The molecule has 5 nitrogen and oxygen atoms in total. The number of para-hydroxylation sites is 1. The quantitative estimate of drug-likeness (QED) is 0.861. The van der Waals surface area contributed by atoms with Crippen LogP contribution >= 0.6 is 12.4 Å². The molecule has 1 saturated heterocycles. The minimum atomic E-state index is -0.385. The molecule has 1 fully saturated rings. The Labute approximate surface area is 131 Å². The van der Waals surface area contributed by atoms with Crippen molar-refractivity contribution in [3.63, 3.8) is 0 Å². The van der Waals surface area contributed by atoms with Crippen LogP contribution in [0.5, 0.6) is 0 Å². The number of carbonyl (C=O) groups excluding carboxylic acids is 2. The molecule has 0 radical (unpaired) electrons. The third kappa shape index (κ3) is 5.02. The van der Waals surface area contributed by atoms with Gasteiger partial charge in [-0.15, -0.1) is 12.4 Å². The number of anilines is 1. The maximum Gasteiger partial charge on any atom is 0.230 e. The van der Waals surface area contributed by atoms with Crippen LogP contribution in [-0.2, 0) is 9.59 Å². The fourth-order valence-electron chi connectivity index (χ4n) is 2.49. The van der Waals surface area contributed by atoms with Gasteiger partial charge in [0.2, 0.25) is 11.8 Å². The van der Waals surface area contributed by atoms with E-state index in [9.17, 15) is 9.59 Å². The molecule has 0 saturated carbocycles. The first-order valence-electron chi connectivity index (χ1n) is 7.04. The van der Waals surface area contributed by atoms with Crippen molar-refractivity contribution in [3.05, 3.63) is 30.3 Å². The number of carbonyl (C=O) groups is 2. The third-order valence-electron chi connectivity index (χ3n) is 3.60. The summed E-state index contributed by atoms with van der Waals surface area (Å²) in [6.45, 7) is 2.09. The summed E-state index contributed by atoms with van der Waals surface area (Å²) in [5.74, 6) is -0.257. The zero-order valence-corrected chi connectivity index (χ0v) is 12.8. The summed E-state index contributed by atoms with van der Waals surface area (Å²) < 4.78 is 0. The number of hydrogen-bond donors (Lipinski definition) is 2. The number of benzene rings is 1. The summed E-state index contributed by atoms with van der Waals surface area (Å²) in [5, 5.41) is 3.25. The van der Waals surface area contributed by atoms with Crippen LogP contribution in [0.3, 0.4) is 0 Å². The van der Waals surface area contributed by atoms with Crippen LogP contribution in [0.4, 0.5) is 5.69 Å². The van der Waals surface area contributed by atoms with E-state index in [0.29, 0.717) is 6.54 Å². The van der Waals surface area contributed by atoms with Crippen LogP contribution in [0.15, 0.2) is 30.3 Å². The Balaban J connectivity index is 0.00000220.